The fourth-order valence-corrected chi connectivity index (χ4v) is 7.25. The molecule has 0 N–H and O–H groups in total. The topological polar surface area (TPSA) is 25.8 Å². The standard InChI is InChI=1S/C36H28N2S/c1-5-17-29(18-6-1)35(30-19-7-2-8-20-30,33-25-13-15-27-37-33)39-36(31-21-9-3-10-22-31,32-23-11-4-12-24-32)34-26-14-16-28-38-34/h1-28H. The normalized spacial score (nSPS) is 11.7. The van der Waals surface area contributed by atoms with Gasteiger partial charge in [0, 0.05) is 12.4 Å². The lowest BCUT2D eigenvalue weighted by atomic mass is 9.85. The van der Waals surface area contributed by atoms with E-state index in [9.17, 15) is 0 Å². The number of benzene rings is 4. The Labute approximate surface area is 234 Å². The molecule has 0 aliphatic rings. The van der Waals surface area contributed by atoms with Crippen LogP contribution in [-0.2, 0) is 9.49 Å². The summed E-state index contributed by atoms with van der Waals surface area (Å²) in [6.45, 7) is 0. The zero-order valence-corrected chi connectivity index (χ0v) is 22.3. The fraction of sp³-hybridized carbons (Fsp3) is 0.0556. The average Bonchev–Trinajstić information content (AvgIpc) is 3.04. The summed E-state index contributed by atoms with van der Waals surface area (Å²) in [4.78, 5) is 10.1. The van der Waals surface area contributed by atoms with E-state index in [4.69, 9.17) is 9.97 Å². The summed E-state index contributed by atoms with van der Waals surface area (Å²) in [5, 5.41) is 0. The van der Waals surface area contributed by atoms with E-state index < -0.39 is 9.49 Å². The van der Waals surface area contributed by atoms with E-state index in [1.54, 1.807) is 0 Å². The van der Waals surface area contributed by atoms with Gasteiger partial charge in [0.25, 0.3) is 0 Å². The quantitative estimate of drug-likeness (QED) is 0.201. The van der Waals surface area contributed by atoms with Crippen LogP contribution in [0.25, 0.3) is 0 Å². The van der Waals surface area contributed by atoms with Crippen LogP contribution in [0.1, 0.15) is 33.6 Å². The smallest absolute Gasteiger partial charge is 0.109 e. The Hall–Kier alpha value is -4.47. The van der Waals surface area contributed by atoms with E-state index in [-0.39, 0.29) is 0 Å². The molecule has 4 aromatic carbocycles. The van der Waals surface area contributed by atoms with Crippen molar-refractivity contribution in [3.05, 3.63) is 204 Å². The minimum atomic E-state index is -0.660. The molecule has 0 fully saturated rings. The molecule has 0 amide bonds. The van der Waals surface area contributed by atoms with Crippen molar-refractivity contribution in [3.8, 4) is 0 Å². The lowest BCUT2D eigenvalue weighted by Crippen LogP contribution is -2.37. The molecule has 188 valence electrons. The van der Waals surface area contributed by atoms with E-state index in [1.165, 1.54) is 0 Å². The molecule has 0 unspecified atom stereocenters. The Morgan fingerprint density at radius 3 is 0.872 bits per heavy atom. The van der Waals surface area contributed by atoms with Crippen LogP contribution in [0.3, 0.4) is 0 Å². The second-order valence-electron chi connectivity index (χ2n) is 9.36. The fourth-order valence-electron chi connectivity index (χ4n) is 5.33. The molecule has 2 nitrogen and oxygen atoms in total. The number of rotatable bonds is 8. The molecule has 0 saturated heterocycles. The maximum atomic E-state index is 5.03. The van der Waals surface area contributed by atoms with Gasteiger partial charge in [-0.05, 0) is 46.5 Å². The van der Waals surface area contributed by atoms with Crippen LogP contribution in [0.15, 0.2) is 170 Å². The molecule has 39 heavy (non-hydrogen) atoms. The van der Waals surface area contributed by atoms with Gasteiger partial charge in [-0.15, -0.1) is 11.8 Å². The predicted octanol–water partition coefficient (Wildman–Crippen LogP) is 8.49. The zero-order chi connectivity index (χ0) is 26.4. The van der Waals surface area contributed by atoms with Gasteiger partial charge in [-0.3, -0.25) is 9.97 Å². The highest BCUT2D eigenvalue weighted by Crippen LogP contribution is 2.60. The molecular formula is C36H28N2S. The Balaban J connectivity index is 1.76. The van der Waals surface area contributed by atoms with Crippen molar-refractivity contribution >= 4 is 11.8 Å². The third-order valence-corrected chi connectivity index (χ3v) is 9.05. The van der Waals surface area contributed by atoms with E-state index >= 15 is 0 Å². The molecule has 0 bridgehead atoms. The third-order valence-electron chi connectivity index (χ3n) is 7.08. The summed E-state index contributed by atoms with van der Waals surface area (Å²) < 4.78 is -1.32. The summed E-state index contributed by atoms with van der Waals surface area (Å²) in [6.07, 6.45) is 3.79. The van der Waals surface area contributed by atoms with Gasteiger partial charge in [0.1, 0.15) is 9.49 Å². The van der Waals surface area contributed by atoms with Gasteiger partial charge in [-0.2, -0.15) is 0 Å². The van der Waals surface area contributed by atoms with Gasteiger partial charge in [-0.25, -0.2) is 0 Å². The molecule has 6 aromatic rings. The van der Waals surface area contributed by atoms with Crippen molar-refractivity contribution in [2.75, 3.05) is 0 Å². The zero-order valence-electron chi connectivity index (χ0n) is 21.5. The maximum Gasteiger partial charge on any atom is 0.109 e. The van der Waals surface area contributed by atoms with Crippen LogP contribution >= 0.6 is 11.8 Å². The van der Waals surface area contributed by atoms with Crippen LogP contribution in [0.5, 0.6) is 0 Å². The van der Waals surface area contributed by atoms with Crippen molar-refractivity contribution < 1.29 is 0 Å². The summed E-state index contributed by atoms with van der Waals surface area (Å²) in [6, 6.07) is 55.4. The van der Waals surface area contributed by atoms with Crippen LogP contribution in [0.2, 0.25) is 0 Å². The highest BCUT2D eigenvalue weighted by molar-refractivity contribution is 8.02. The molecule has 0 aliphatic carbocycles. The molecule has 0 saturated carbocycles. The number of thioether (sulfide) groups is 1. The first kappa shape index (κ1) is 24.8. The summed E-state index contributed by atoms with van der Waals surface area (Å²) in [5.74, 6) is 0. The molecular weight excluding hydrogens is 492 g/mol. The van der Waals surface area contributed by atoms with Gasteiger partial charge in [0.05, 0.1) is 11.4 Å². The predicted molar refractivity (Wildman–Crippen MR) is 162 cm³/mol. The number of hydrogen-bond acceptors (Lipinski definition) is 3. The van der Waals surface area contributed by atoms with E-state index in [2.05, 4.69) is 146 Å². The van der Waals surface area contributed by atoms with Gasteiger partial charge in [-0.1, -0.05) is 133 Å². The molecule has 3 heteroatoms. The van der Waals surface area contributed by atoms with Gasteiger partial charge in [0.2, 0.25) is 0 Å². The summed E-state index contributed by atoms with van der Waals surface area (Å²) in [7, 11) is 0. The van der Waals surface area contributed by atoms with Crippen molar-refractivity contribution in [2.24, 2.45) is 0 Å². The number of nitrogens with zero attached hydrogens (tertiary/aromatic N) is 2. The first-order valence-electron chi connectivity index (χ1n) is 13.1. The first-order chi connectivity index (χ1) is 19.3. The highest BCUT2D eigenvalue weighted by atomic mass is 32.2. The Morgan fingerprint density at radius 2 is 0.615 bits per heavy atom. The summed E-state index contributed by atoms with van der Waals surface area (Å²) >= 11 is 1.88. The van der Waals surface area contributed by atoms with Crippen molar-refractivity contribution in [2.45, 2.75) is 9.49 Å². The molecule has 0 aliphatic heterocycles. The molecule has 0 atom stereocenters. The first-order valence-corrected chi connectivity index (χ1v) is 13.9. The molecule has 0 radical (unpaired) electrons. The minimum absolute atomic E-state index is 0.660. The minimum Gasteiger partial charge on any atom is -0.259 e. The monoisotopic (exact) mass is 520 g/mol. The third kappa shape index (κ3) is 4.56. The average molecular weight is 521 g/mol. The Bertz CT molecular complexity index is 1270. The van der Waals surface area contributed by atoms with Gasteiger partial charge < -0.3 is 0 Å². The van der Waals surface area contributed by atoms with Crippen LogP contribution < -0.4 is 0 Å². The van der Waals surface area contributed by atoms with Crippen LogP contribution in [0, 0.1) is 0 Å². The Kier molecular flexibility index (Phi) is 7.07. The molecule has 2 aromatic heterocycles. The largest absolute Gasteiger partial charge is 0.259 e. The van der Waals surface area contributed by atoms with Gasteiger partial charge >= 0.3 is 0 Å². The van der Waals surface area contributed by atoms with E-state index in [0.717, 1.165) is 33.6 Å². The van der Waals surface area contributed by atoms with E-state index in [1.807, 2.05) is 36.3 Å². The van der Waals surface area contributed by atoms with E-state index in [0.29, 0.717) is 0 Å². The Morgan fingerprint density at radius 1 is 0.333 bits per heavy atom. The molecule has 0 spiro atoms. The van der Waals surface area contributed by atoms with Crippen LogP contribution in [0.4, 0.5) is 0 Å². The van der Waals surface area contributed by atoms with Crippen molar-refractivity contribution in [1.82, 2.24) is 9.97 Å². The lowest BCUT2D eigenvalue weighted by molar-refractivity contribution is 0.790. The second-order valence-corrected chi connectivity index (χ2v) is 10.8. The summed E-state index contributed by atoms with van der Waals surface area (Å²) in [5.41, 5.74) is 6.58. The molecule has 2 heterocycles. The van der Waals surface area contributed by atoms with Crippen molar-refractivity contribution in [3.63, 3.8) is 0 Å². The second kappa shape index (κ2) is 11.1. The highest BCUT2D eigenvalue weighted by Gasteiger charge is 2.50. The SMILES string of the molecule is c1ccc(C(SC(c2ccccc2)(c2ccccc2)c2ccccn2)(c2ccccc2)c2ccccn2)cc1. The lowest BCUT2D eigenvalue weighted by Gasteiger charge is -2.44. The number of hydrogen-bond donors (Lipinski definition) is 0. The molecule has 6 rings (SSSR count). The van der Waals surface area contributed by atoms with Gasteiger partial charge in [0.15, 0.2) is 0 Å². The van der Waals surface area contributed by atoms with Crippen LogP contribution in [-0.4, -0.2) is 9.97 Å². The van der Waals surface area contributed by atoms with Crippen molar-refractivity contribution in [1.29, 1.82) is 0 Å². The number of pyridine rings is 2. The maximum absolute atomic E-state index is 5.03. The number of aromatic nitrogens is 2.